The van der Waals surface area contributed by atoms with E-state index in [9.17, 15) is 21.6 Å². The molecule has 0 saturated carbocycles. The van der Waals surface area contributed by atoms with Crippen LogP contribution in [0, 0.1) is 0 Å². The first kappa shape index (κ1) is 18.5. The Morgan fingerprint density at radius 2 is 1.96 bits per heavy atom. The van der Waals surface area contributed by atoms with E-state index < -0.39 is 26.7 Å². The van der Waals surface area contributed by atoms with E-state index in [-0.39, 0.29) is 30.7 Å². The highest BCUT2D eigenvalue weighted by Crippen LogP contribution is 2.34. The molecule has 0 atom stereocenters. The van der Waals surface area contributed by atoms with Gasteiger partial charge >= 0.3 is 6.18 Å². The highest BCUT2D eigenvalue weighted by atomic mass is 32.2. The van der Waals surface area contributed by atoms with Gasteiger partial charge in [0, 0.05) is 25.5 Å². The fourth-order valence-electron chi connectivity index (χ4n) is 2.69. The Balaban J connectivity index is 1.49. The lowest BCUT2D eigenvalue weighted by Crippen LogP contribution is -2.48. The van der Waals surface area contributed by atoms with Gasteiger partial charge in [-0.3, -0.25) is 4.98 Å². The molecule has 3 aromatic rings. The number of halogens is 3. The molecular formula is C16H12F3N5O3S. The third-order valence-corrected chi connectivity index (χ3v) is 6.06. The lowest BCUT2D eigenvalue weighted by Gasteiger charge is -2.35. The van der Waals surface area contributed by atoms with Crippen molar-refractivity contribution in [3.8, 4) is 11.5 Å². The van der Waals surface area contributed by atoms with E-state index in [1.165, 1.54) is 18.6 Å². The van der Waals surface area contributed by atoms with Crippen molar-refractivity contribution >= 4 is 10.0 Å². The quantitative estimate of drug-likeness (QED) is 0.649. The van der Waals surface area contributed by atoms with Crippen LogP contribution in [0.3, 0.4) is 0 Å². The molecule has 8 nitrogen and oxygen atoms in total. The van der Waals surface area contributed by atoms with Gasteiger partial charge in [0.1, 0.15) is 5.69 Å². The van der Waals surface area contributed by atoms with Crippen LogP contribution in [0.1, 0.15) is 17.4 Å². The first-order valence-electron chi connectivity index (χ1n) is 8.02. The SMILES string of the molecule is O=S(=O)(c1cccc(C(F)(F)F)c1)N1CC(c2nc(-c3cnccn3)no2)C1. The summed E-state index contributed by atoms with van der Waals surface area (Å²) in [5.41, 5.74) is -0.610. The highest BCUT2D eigenvalue weighted by molar-refractivity contribution is 7.89. The first-order valence-corrected chi connectivity index (χ1v) is 9.46. The van der Waals surface area contributed by atoms with Gasteiger partial charge in [-0.2, -0.15) is 22.5 Å². The summed E-state index contributed by atoms with van der Waals surface area (Å²) < 4.78 is 69.9. The molecule has 0 bridgehead atoms. The Hall–Kier alpha value is -2.86. The van der Waals surface area contributed by atoms with Crippen molar-refractivity contribution in [3.05, 3.63) is 54.3 Å². The van der Waals surface area contributed by atoms with Gasteiger partial charge in [-0.15, -0.1) is 0 Å². The van der Waals surface area contributed by atoms with Crippen LogP contribution in [0.5, 0.6) is 0 Å². The second-order valence-corrected chi connectivity index (χ2v) is 8.03. The molecule has 0 aliphatic carbocycles. The molecule has 1 saturated heterocycles. The van der Waals surface area contributed by atoms with Crippen molar-refractivity contribution in [2.45, 2.75) is 17.0 Å². The summed E-state index contributed by atoms with van der Waals surface area (Å²) in [7, 11) is -4.05. The fourth-order valence-corrected chi connectivity index (χ4v) is 4.27. The highest BCUT2D eigenvalue weighted by Gasteiger charge is 2.41. The van der Waals surface area contributed by atoms with Gasteiger partial charge in [0.25, 0.3) is 0 Å². The number of hydrogen-bond donors (Lipinski definition) is 0. The van der Waals surface area contributed by atoms with Gasteiger partial charge in [0.15, 0.2) is 0 Å². The minimum atomic E-state index is -4.62. The molecule has 3 heterocycles. The maximum atomic E-state index is 12.8. The molecule has 0 spiro atoms. The molecule has 2 aromatic heterocycles. The normalized spacial score (nSPS) is 16.1. The number of rotatable bonds is 4. The molecule has 1 aromatic carbocycles. The first-order chi connectivity index (χ1) is 13.2. The molecule has 146 valence electrons. The van der Waals surface area contributed by atoms with Crippen LogP contribution in [0.4, 0.5) is 13.2 Å². The Morgan fingerprint density at radius 3 is 2.64 bits per heavy atom. The van der Waals surface area contributed by atoms with E-state index in [0.717, 1.165) is 22.5 Å². The number of nitrogens with zero attached hydrogens (tertiary/aromatic N) is 5. The van der Waals surface area contributed by atoms with Crippen LogP contribution in [-0.4, -0.2) is 45.9 Å². The van der Waals surface area contributed by atoms with Gasteiger partial charge in [-0.1, -0.05) is 11.2 Å². The standard InChI is InChI=1S/C16H12F3N5O3S/c17-16(18,19)11-2-1-3-12(6-11)28(25,26)24-8-10(9-24)15-22-14(23-27-15)13-7-20-4-5-21-13/h1-7,10H,8-9H2. The molecule has 0 radical (unpaired) electrons. The van der Waals surface area contributed by atoms with Gasteiger partial charge in [0.05, 0.1) is 22.6 Å². The van der Waals surface area contributed by atoms with Crippen LogP contribution < -0.4 is 0 Å². The summed E-state index contributed by atoms with van der Waals surface area (Å²) in [6.45, 7) is 0.0569. The number of alkyl halides is 3. The number of hydrogen-bond acceptors (Lipinski definition) is 7. The molecule has 0 N–H and O–H groups in total. The summed E-state index contributed by atoms with van der Waals surface area (Å²) in [6.07, 6.45) is -0.200. The summed E-state index contributed by atoms with van der Waals surface area (Å²) in [5.74, 6) is 0.108. The van der Waals surface area contributed by atoms with Gasteiger partial charge in [-0.25, -0.2) is 13.4 Å². The third-order valence-electron chi connectivity index (χ3n) is 4.23. The van der Waals surface area contributed by atoms with Gasteiger partial charge in [-0.05, 0) is 18.2 Å². The number of aromatic nitrogens is 4. The number of benzene rings is 1. The van der Waals surface area contributed by atoms with Crippen molar-refractivity contribution in [2.24, 2.45) is 0 Å². The molecule has 4 rings (SSSR count). The maximum Gasteiger partial charge on any atom is 0.416 e. The second-order valence-electron chi connectivity index (χ2n) is 6.09. The molecule has 1 fully saturated rings. The van der Waals surface area contributed by atoms with Crippen molar-refractivity contribution in [2.75, 3.05) is 13.1 Å². The van der Waals surface area contributed by atoms with E-state index in [1.807, 2.05) is 0 Å². The topological polar surface area (TPSA) is 102 Å². The van der Waals surface area contributed by atoms with Crippen LogP contribution in [0.2, 0.25) is 0 Å². The van der Waals surface area contributed by atoms with Crippen LogP contribution in [-0.2, 0) is 16.2 Å². The molecule has 0 unspecified atom stereocenters. The minimum Gasteiger partial charge on any atom is -0.339 e. The molecule has 12 heteroatoms. The molecule has 1 aliphatic rings. The minimum absolute atomic E-state index is 0.0285. The Kier molecular flexibility index (Phi) is 4.38. The van der Waals surface area contributed by atoms with E-state index >= 15 is 0 Å². The zero-order valence-corrected chi connectivity index (χ0v) is 14.9. The molecule has 1 aliphatic heterocycles. The average Bonchev–Trinajstić information content (AvgIpc) is 3.10. The largest absolute Gasteiger partial charge is 0.416 e. The summed E-state index contributed by atoms with van der Waals surface area (Å²) in [6, 6.07) is 3.65. The molecule has 28 heavy (non-hydrogen) atoms. The smallest absolute Gasteiger partial charge is 0.339 e. The van der Waals surface area contributed by atoms with E-state index in [4.69, 9.17) is 4.52 Å². The van der Waals surface area contributed by atoms with Gasteiger partial charge in [0.2, 0.25) is 21.7 Å². The summed E-state index contributed by atoms with van der Waals surface area (Å²) >= 11 is 0. The van der Waals surface area contributed by atoms with Crippen LogP contribution >= 0.6 is 0 Å². The maximum absolute atomic E-state index is 12.8. The average molecular weight is 411 g/mol. The zero-order chi connectivity index (χ0) is 19.9. The predicted molar refractivity (Wildman–Crippen MR) is 88.3 cm³/mol. The Morgan fingerprint density at radius 1 is 1.18 bits per heavy atom. The molecule has 0 amide bonds. The third kappa shape index (κ3) is 3.36. The van der Waals surface area contributed by atoms with Crippen molar-refractivity contribution in [1.82, 2.24) is 24.4 Å². The predicted octanol–water partition coefficient (Wildman–Crippen LogP) is 2.33. The van der Waals surface area contributed by atoms with Crippen molar-refractivity contribution < 1.29 is 26.1 Å². The number of sulfonamides is 1. The fraction of sp³-hybridized carbons (Fsp3) is 0.250. The van der Waals surface area contributed by atoms with Gasteiger partial charge < -0.3 is 4.52 Å². The second kappa shape index (κ2) is 6.63. The lowest BCUT2D eigenvalue weighted by molar-refractivity contribution is -0.137. The Labute approximate surface area is 157 Å². The zero-order valence-electron chi connectivity index (χ0n) is 14.0. The lowest BCUT2D eigenvalue weighted by atomic mass is 10.0. The monoisotopic (exact) mass is 411 g/mol. The summed E-state index contributed by atoms with van der Waals surface area (Å²) in [4.78, 5) is 11.7. The summed E-state index contributed by atoms with van der Waals surface area (Å²) in [5, 5.41) is 3.79. The Bertz CT molecular complexity index is 1100. The van der Waals surface area contributed by atoms with Crippen molar-refractivity contribution in [1.29, 1.82) is 0 Å². The van der Waals surface area contributed by atoms with Crippen LogP contribution in [0.15, 0.2) is 52.3 Å². The van der Waals surface area contributed by atoms with Crippen LogP contribution in [0.25, 0.3) is 11.5 Å². The van der Waals surface area contributed by atoms with E-state index in [1.54, 1.807) is 0 Å². The van der Waals surface area contributed by atoms with E-state index in [0.29, 0.717) is 11.8 Å². The van der Waals surface area contributed by atoms with E-state index in [2.05, 4.69) is 20.1 Å². The van der Waals surface area contributed by atoms with Crippen molar-refractivity contribution in [3.63, 3.8) is 0 Å². The molecular weight excluding hydrogens is 399 g/mol.